The predicted molar refractivity (Wildman–Crippen MR) is 109 cm³/mol. The van der Waals surface area contributed by atoms with Crippen molar-refractivity contribution in [3.8, 4) is 22.3 Å². The summed E-state index contributed by atoms with van der Waals surface area (Å²) in [5, 5.41) is 0. The number of morpholine rings is 1. The Hall–Kier alpha value is -3.32. The van der Waals surface area contributed by atoms with E-state index in [2.05, 4.69) is 9.97 Å². The minimum absolute atomic E-state index is 0.00119. The van der Waals surface area contributed by atoms with Gasteiger partial charge < -0.3 is 15.4 Å². The van der Waals surface area contributed by atoms with Gasteiger partial charge in [-0.1, -0.05) is 30.3 Å². The Morgan fingerprint density at radius 3 is 2.62 bits per heavy atom. The van der Waals surface area contributed by atoms with E-state index >= 15 is 0 Å². The number of ether oxygens (including phenoxy) is 1. The molecule has 6 nitrogen and oxygen atoms in total. The molecule has 0 radical (unpaired) electrons. The molecule has 2 N–H and O–H groups in total. The highest BCUT2D eigenvalue weighted by Crippen LogP contribution is 2.30. The van der Waals surface area contributed by atoms with Crippen molar-refractivity contribution in [2.45, 2.75) is 13.0 Å². The zero-order valence-electron chi connectivity index (χ0n) is 16.0. The molecule has 1 aromatic heterocycles. The smallest absolute Gasteiger partial charge is 0.254 e. The summed E-state index contributed by atoms with van der Waals surface area (Å²) in [6.45, 7) is 3.54. The van der Waals surface area contributed by atoms with Crippen molar-refractivity contribution < 1.29 is 13.9 Å². The number of hydrogen-bond donors (Lipinski definition) is 1. The number of hydrogen-bond acceptors (Lipinski definition) is 5. The van der Waals surface area contributed by atoms with Crippen molar-refractivity contribution in [1.29, 1.82) is 0 Å². The summed E-state index contributed by atoms with van der Waals surface area (Å²) in [4.78, 5) is 22.7. The van der Waals surface area contributed by atoms with E-state index < -0.39 is 5.82 Å². The van der Waals surface area contributed by atoms with Crippen LogP contribution in [0.25, 0.3) is 22.3 Å². The highest BCUT2D eigenvalue weighted by molar-refractivity contribution is 6.01. The first-order valence-electron chi connectivity index (χ1n) is 9.40. The van der Waals surface area contributed by atoms with Gasteiger partial charge in [0, 0.05) is 42.2 Å². The lowest BCUT2D eigenvalue weighted by Gasteiger charge is -2.31. The summed E-state index contributed by atoms with van der Waals surface area (Å²) >= 11 is 0. The zero-order chi connectivity index (χ0) is 20.4. The molecule has 4 rings (SSSR count). The van der Waals surface area contributed by atoms with Gasteiger partial charge in [0.25, 0.3) is 5.91 Å². The van der Waals surface area contributed by atoms with Crippen molar-refractivity contribution in [3.05, 3.63) is 66.2 Å². The van der Waals surface area contributed by atoms with Crippen molar-refractivity contribution in [2.24, 2.45) is 0 Å². The van der Waals surface area contributed by atoms with Crippen LogP contribution in [-0.2, 0) is 4.74 Å². The number of halogens is 1. The van der Waals surface area contributed by atoms with Crippen LogP contribution < -0.4 is 5.73 Å². The van der Waals surface area contributed by atoms with Gasteiger partial charge in [0.1, 0.15) is 5.82 Å². The monoisotopic (exact) mass is 392 g/mol. The number of rotatable bonds is 3. The molecule has 1 aliphatic heterocycles. The van der Waals surface area contributed by atoms with Crippen LogP contribution in [0.4, 0.5) is 10.3 Å². The van der Waals surface area contributed by atoms with Gasteiger partial charge in [-0.15, -0.1) is 0 Å². The maximum Gasteiger partial charge on any atom is 0.254 e. The third-order valence-corrected chi connectivity index (χ3v) is 4.95. The SMILES string of the molecule is C[C@H]1CN(C(=O)c2ccccc2-c2ccc(-c3cnc(N)nc3)c(F)c2)CCO1. The van der Waals surface area contributed by atoms with Gasteiger partial charge in [-0.05, 0) is 30.2 Å². The number of nitrogen functional groups attached to an aromatic ring is 1. The van der Waals surface area contributed by atoms with Crippen molar-refractivity contribution in [2.75, 3.05) is 25.4 Å². The van der Waals surface area contributed by atoms with Crippen LogP contribution in [-0.4, -0.2) is 46.6 Å². The molecule has 0 aliphatic carbocycles. The van der Waals surface area contributed by atoms with Gasteiger partial charge in [0.15, 0.2) is 0 Å². The number of carbonyl (C=O) groups is 1. The molecule has 148 valence electrons. The number of carbonyl (C=O) groups excluding carboxylic acids is 1. The maximum absolute atomic E-state index is 14.9. The third kappa shape index (κ3) is 3.95. The molecule has 1 saturated heterocycles. The second-order valence-corrected chi connectivity index (χ2v) is 7.00. The molecule has 0 bridgehead atoms. The van der Waals surface area contributed by atoms with Gasteiger partial charge >= 0.3 is 0 Å². The fraction of sp³-hybridized carbons (Fsp3) is 0.227. The number of amides is 1. The van der Waals surface area contributed by atoms with Crippen LogP contribution in [0.2, 0.25) is 0 Å². The van der Waals surface area contributed by atoms with E-state index in [0.29, 0.717) is 47.5 Å². The summed E-state index contributed by atoms with van der Waals surface area (Å²) < 4.78 is 20.4. The molecule has 29 heavy (non-hydrogen) atoms. The Labute approximate surface area is 168 Å². The third-order valence-electron chi connectivity index (χ3n) is 4.95. The lowest BCUT2D eigenvalue weighted by atomic mass is 9.96. The van der Waals surface area contributed by atoms with Gasteiger partial charge in [0.05, 0.1) is 12.7 Å². The fourth-order valence-electron chi connectivity index (χ4n) is 3.49. The Kier molecular flexibility index (Phi) is 5.22. The first-order valence-corrected chi connectivity index (χ1v) is 9.40. The zero-order valence-corrected chi connectivity index (χ0v) is 16.0. The van der Waals surface area contributed by atoms with Crippen LogP contribution in [0.15, 0.2) is 54.9 Å². The average molecular weight is 392 g/mol. The molecule has 0 unspecified atom stereocenters. The Bertz CT molecular complexity index is 1040. The summed E-state index contributed by atoms with van der Waals surface area (Å²) in [5.74, 6) is -0.360. The van der Waals surface area contributed by atoms with Crippen LogP contribution >= 0.6 is 0 Å². The van der Waals surface area contributed by atoms with E-state index in [0.717, 1.165) is 0 Å². The molecule has 0 saturated carbocycles. The molecule has 1 fully saturated rings. The first-order chi connectivity index (χ1) is 14.0. The highest BCUT2D eigenvalue weighted by Gasteiger charge is 2.24. The highest BCUT2D eigenvalue weighted by atomic mass is 19.1. The first kappa shape index (κ1) is 19.0. The minimum atomic E-state index is -0.418. The summed E-state index contributed by atoms with van der Waals surface area (Å²) in [5.41, 5.74) is 8.28. The second kappa shape index (κ2) is 7.97. The topological polar surface area (TPSA) is 81.3 Å². The van der Waals surface area contributed by atoms with E-state index in [9.17, 15) is 9.18 Å². The molecule has 1 atom stereocenters. The molecule has 1 amide bonds. The van der Waals surface area contributed by atoms with Gasteiger partial charge in [-0.25, -0.2) is 14.4 Å². The van der Waals surface area contributed by atoms with Gasteiger partial charge in [-0.3, -0.25) is 4.79 Å². The molecule has 2 heterocycles. The molecular weight excluding hydrogens is 371 g/mol. The number of benzene rings is 2. The van der Waals surface area contributed by atoms with E-state index in [1.807, 2.05) is 25.1 Å². The van der Waals surface area contributed by atoms with E-state index in [4.69, 9.17) is 10.5 Å². The Morgan fingerprint density at radius 2 is 1.90 bits per heavy atom. The second-order valence-electron chi connectivity index (χ2n) is 7.00. The Morgan fingerprint density at radius 1 is 1.14 bits per heavy atom. The largest absolute Gasteiger partial charge is 0.375 e. The summed E-state index contributed by atoms with van der Waals surface area (Å²) in [6.07, 6.45) is 2.97. The molecule has 2 aromatic carbocycles. The molecule has 0 spiro atoms. The van der Waals surface area contributed by atoms with Crippen LogP contribution in [0.5, 0.6) is 0 Å². The molecule has 3 aromatic rings. The van der Waals surface area contributed by atoms with E-state index in [1.54, 1.807) is 23.1 Å². The molecule has 7 heteroatoms. The molecular formula is C22H21FN4O2. The van der Waals surface area contributed by atoms with Crippen molar-refractivity contribution >= 4 is 11.9 Å². The number of nitrogens with zero attached hydrogens (tertiary/aromatic N) is 3. The summed E-state index contributed by atoms with van der Waals surface area (Å²) in [6, 6.07) is 12.2. The average Bonchev–Trinajstić information content (AvgIpc) is 2.74. The fourth-order valence-corrected chi connectivity index (χ4v) is 3.49. The maximum atomic E-state index is 14.9. The van der Waals surface area contributed by atoms with Crippen molar-refractivity contribution in [1.82, 2.24) is 14.9 Å². The van der Waals surface area contributed by atoms with E-state index in [1.165, 1.54) is 18.5 Å². The van der Waals surface area contributed by atoms with Gasteiger partial charge in [0.2, 0.25) is 5.95 Å². The van der Waals surface area contributed by atoms with Gasteiger partial charge in [-0.2, -0.15) is 0 Å². The lowest BCUT2D eigenvalue weighted by Crippen LogP contribution is -2.44. The quantitative estimate of drug-likeness (QED) is 0.739. The number of aromatic nitrogens is 2. The predicted octanol–water partition coefficient (Wildman–Crippen LogP) is 3.39. The number of nitrogens with two attached hydrogens (primary N) is 1. The molecule has 1 aliphatic rings. The Balaban J connectivity index is 1.68. The standard InChI is InChI=1S/C22H21FN4O2/c1-14-13-27(8-9-29-14)21(28)19-5-3-2-4-17(19)15-6-7-18(20(23)10-15)16-11-25-22(24)26-12-16/h2-7,10-12,14H,8-9,13H2,1H3,(H2,24,25,26)/t14-/m0/s1. The van der Waals surface area contributed by atoms with Crippen molar-refractivity contribution in [3.63, 3.8) is 0 Å². The van der Waals surface area contributed by atoms with Crippen LogP contribution in [0.3, 0.4) is 0 Å². The minimum Gasteiger partial charge on any atom is -0.375 e. The van der Waals surface area contributed by atoms with Crippen LogP contribution in [0.1, 0.15) is 17.3 Å². The normalized spacial score (nSPS) is 16.6. The number of anilines is 1. The van der Waals surface area contributed by atoms with E-state index in [-0.39, 0.29) is 18.0 Å². The van der Waals surface area contributed by atoms with Crippen LogP contribution in [0, 0.1) is 5.82 Å². The summed E-state index contributed by atoms with van der Waals surface area (Å²) in [7, 11) is 0. The lowest BCUT2D eigenvalue weighted by molar-refractivity contribution is -0.0123.